The van der Waals surface area contributed by atoms with Crippen LogP contribution < -0.4 is 24.4 Å². The minimum absolute atomic E-state index is 0.178. The molecule has 0 saturated heterocycles. The molecular formula is C40H48O7. The average molecular weight is 641 g/mol. The Morgan fingerprint density at radius 3 is 2.28 bits per heavy atom. The van der Waals surface area contributed by atoms with Crippen molar-refractivity contribution in [3.63, 3.8) is 0 Å². The number of fused-ring (bicyclic) bond motifs is 3. The number of hydrogen-bond donors (Lipinski definition) is 0. The fraction of sp³-hybridized carbons (Fsp3) is 0.400. The highest BCUT2D eigenvalue weighted by atomic mass is 16.5. The first-order chi connectivity index (χ1) is 22.4. The fourth-order valence-electron chi connectivity index (χ4n) is 6.59. The first-order valence-corrected chi connectivity index (χ1v) is 16.1. The molecule has 1 atom stereocenters. The van der Waals surface area contributed by atoms with Crippen LogP contribution in [0.4, 0.5) is 0 Å². The lowest BCUT2D eigenvalue weighted by Crippen LogP contribution is -2.19. The van der Waals surface area contributed by atoms with Crippen LogP contribution in [0.1, 0.15) is 77.5 Å². The number of benzene rings is 1. The van der Waals surface area contributed by atoms with Crippen molar-refractivity contribution in [3.8, 4) is 34.1 Å². The Balaban J connectivity index is 1.61. The molecular weight excluding hydrogens is 592 g/mol. The lowest BCUT2D eigenvalue weighted by molar-refractivity contribution is -0.143. The minimum atomic E-state index is -0.696. The number of esters is 1. The summed E-state index contributed by atoms with van der Waals surface area (Å²) in [6.07, 6.45) is 15.6. The number of aryl methyl sites for hydroxylation is 1. The SMILES string of the molecule is COc1cc2c(c(OC)c1OC)-c1ccc(OC)c(=O)cc1[C@@H](OC(=O)/C=C(C)/C=C/C=C(C)/C=C/C1=C(C)CCCC1(C)C)CC2. The predicted molar refractivity (Wildman–Crippen MR) is 188 cm³/mol. The monoisotopic (exact) mass is 640 g/mol. The second kappa shape index (κ2) is 15.4. The molecule has 0 spiro atoms. The van der Waals surface area contributed by atoms with Gasteiger partial charge in [-0.15, -0.1) is 0 Å². The molecule has 0 aliphatic heterocycles. The molecule has 2 aliphatic rings. The van der Waals surface area contributed by atoms with Crippen LogP contribution in [0.25, 0.3) is 11.1 Å². The average Bonchev–Trinajstić information content (AvgIpc) is 3.27. The summed E-state index contributed by atoms with van der Waals surface area (Å²) in [4.78, 5) is 26.4. The van der Waals surface area contributed by atoms with Gasteiger partial charge in [0, 0.05) is 17.2 Å². The zero-order valence-electron chi connectivity index (χ0n) is 29.2. The third-order valence-corrected chi connectivity index (χ3v) is 9.04. The maximum atomic E-state index is 13.3. The standard InChI is InChI=1S/C40H48O7/c1-25(15-18-31-27(3)14-11-21-40(31,4)5)12-10-13-26(2)22-36(42)47-33-19-16-28-23-35(44-7)38(45-8)39(46-9)37(28)29-17-20-34(43-6)32(41)24-30(29)33/h10,12-13,15,17-18,20,22-24,33H,11,14,16,19,21H2,1-9H3/b13-10+,18-15+,25-12+,26-22+/t33-/m0/s1. The number of carbonyl (C=O) groups is 1. The third kappa shape index (κ3) is 8.07. The highest BCUT2D eigenvalue weighted by Gasteiger charge is 2.31. The number of allylic oxidation sites excluding steroid dienone is 9. The van der Waals surface area contributed by atoms with E-state index in [0.717, 1.165) is 28.7 Å². The molecule has 0 saturated carbocycles. The Labute approximate surface area is 279 Å². The van der Waals surface area contributed by atoms with Crippen molar-refractivity contribution < 1.29 is 28.5 Å². The highest BCUT2D eigenvalue weighted by molar-refractivity contribution is 5.85. The molecule has 4 rings (SSSR count). The molecule has 2 aromatic carbocycles. The van der Waals surface area contributed by atoms with Crippen molar-refractivity contribution in [2.75, 3.05) is 28.4 Å². The van der Waals surface area contributed by atoms with Crippen LogP contribution in [-0.4, -0.2) is 34.4 Å². The van der Waals surface area contributed by atoms with Gasteiger partial charge < -0.3 is 23.7 Å². The Morgan fingerprint density at radius 1 is 0.894 bits per heavy atom. The Bertz CT molecular complexity index is 1720. The van der Waals surface area contributed by atoms with Crippen LogP contribution in [0, 0.1) is 5.41 Å². The zero-order chi connectivity index (χ0) is 34.3. The maximum Gasteiger partial charge on any atom is 0.331 e. The number of rotatable bonds is 10. The molecule has 0 heterocycles. The zero-order valence-corrected chi connectivity index (χ0v) is 29.2. The molecule has 2 aromatic rings. The van der Waals surface area contributed by atoms with Gasteiger partial charge >= 0.3 is 5.97 Å². The quantitative estimate of drug-likeness (QED) is 0.146. The van der Waals surface area contributed by atoms with E-state index in [1.807, 2.05) is 31.2 Å². The van der Waals surface area contributed by atoms with E-state index in [9.17, 15) is 9.59 Å². The normalized spacial score (nSPS) is 18.0. The van der Waals surface area contributed by atoms with Gasteiger partial charge in [0.1, 0.15) is 6.10 Å². The maximum absolute atomic E-state index is 13.3. The number of methoxy groups -OCH3 is 4. The van der Waals surface area contributed by atoms with Crippen molar-refractivity contribution in [2.24, 2.45) is 5.41 Å². The summed E-state index contributed by atoms with van der Waals surface area (Å²) in [7, 11) is 6.13. The summed E-state index contributed by atoms with van der Waals surface area (Å²) in [5, 5.41) is 0. The Morgan fingerprint density at radius 2 is 1.62 bits per heavy atom. The number of ether oxygens (including phenoxy) is 5. The van der Waals surface area contributed by atoms with Gasteiger partial charge in [0.25, 0.3) is 0 Å². The summed E-state index contributed by atoms with van der Waals surface area (Å²) in [5.74, 6) is 1.12. The lowest BCUT2D eigenvalue weighted by atomic mass is 9.72. The van der Waals surface area contributed by atoms with Crippen LogP contribution >= 0.6 is 0 Å². The van der Waals surface area contributed by atoms with Crippen LogP contribution in [0.5, 0.6) is 23.0 Å². The van der Waals surface area contributed by atoms with Crippen LogP contribution in [0.2, 0.25) is 0 Å². The largest absolute Gasteiger partial charge is 0.493 e. The topological polar surface area (TPSA) is 80.3 Å². The highest BCUT2D eigenvalue weighted by Crippen LogP contribution is 2.50. The summed E-state index contributed by atoms with van der Waals surface area (Å²) < 4.78 is 28.5. The summed E-state index contributed by atoms with van der Waals surface area (Å²) in [6.45, 7) is 10.8. The molecule has 7 heteroatoms. The Kier molecular flexibility index (Phi) is 11.6. The van der Waals surface area contributed by atoms with Crippen LogP contribution in [0.3, 0.4) is 0 Å². The fourth-order valence-corrected chi connectivity index (χ4v) is 6.59. The van der Waals surface area contributed by atoms with Crippen molar-refractivity contribution >= 4 is 5.97 Å². The molecule has 250 valence electrons. The molecule has 0 N–H and O–H groups in total. The van der Waals surface area contributed by atoms with Crippen molar-refractivity contribution in [3.05, 3.63) is 104 Å². The van der Waals surface area contributed by atoms with Gasteiger partial charge in [0.2, 0.25) is 11.2 Å². The number of hydrogen-bond acceptors (Lipinski definition) is 7. The van der Waals surface area contributed by atoms with Gasteiger partial charge in [-0.1, -0.05) is 55.4 Å². The molecule has 0 bridgehead atoms. The molecule has 0 aromatic heterocycles. The smallest absolute Gasteiger partial charge is 0.331 e. The van der Waals surface area contributed by atoms with Gasteiger partial charge in [-0.3, -0.25) is 4.79 Å². The number of carbonyl (C=O) groups excluding carboxylic acids is 1. The molecule has 7 nitrogen and oxygen atoms in total. The first-order valence-electron chi connectivity index (χ1n) is 16.1. The lowest BCUT2D eigenvalue weighted by Gasteiger charge is -2.32. The summed E-state index contributed by atoms with van der Waals surface area (Å²) >= 11 is 0. The van der Waals surface area contributed by atoms with Gasteiger partial charge in [0.15, 0.2) is 17.2 Å². The van der Waals surface area contributed by atoms with Crippen molar-refractivity contribution in [2.45, 2.75) is 72.8 Å². The van der Waals surface area contributed by atoms with E-state index < -0.39 is 12.1 Å². The van der Waals surface area contributed by atoms with E-state index in [0.29, 0.717) is 41.2 Å². The third-order valence-electron chi connectivity index (χ3n) is 9.04. The van der Waals surface area contributed by atoms with E-state index in [-0.39, 0.29) is 16.6 Å². The van der Waals surface area contributed by atoms with Crippen molar-refractivity contribution in [1.29, 1.82) is 0 Å². The van der Waals surface area contributed by atoms with E-state index in [1.54, 1.807) is 33.5 Å². The molecule has 2 aliphatic carbocycles. The molecule has 0 unspecified atom stereocenters. The minimum Gasteiger partial charge on any atom is -0.493 e. The second-order valence-electron chi connectivity index (χ2n) is 12.8. The van der Waals surface area contributed by atoms with Gasteiger partial charge in [-0.25, -0.2) is 4.79 Å². The van der Waals surface area contributed by atoms with E-state index >= 15 is 0 Å². The molecule has 0 amide bonds. The van der Waals surface area contributed by atoms with Crippen LogP contribution in [-0.2, 0) is 16.0 Å². The Hall–Kier alpha value is -4.52. The molecule has 0 fully saturated rings. The van der Waals surface area contributed by atoms with E-state index in [4.69, 9.17) is 23.7 Å². The molecule has 0 radical (unpaired) electrons. The van der Waals surface area contributed by atoms with Crippen LogP contribution in [0.15, 0.2) is 87.8 Å². The van der Waals surface area contributed by atoms with E-state index in [2.05, 4.69) is 39.8 Å². The van der Waals surface area contributed by atoms with Gasteiger partial charge in [-0.2, -0.15) is 0 Å². The molecule has 47 heavy (non-hydrogen) atoms. The predicted octanol–water partition coefficient (Wildman–Crippen LogP) is 8.81. The second-order valence-corrected chi connectivity index (χ2v) is 12.8. The van der Waals surface area contributed by atoms with Gasteiger partial charge in [0.05, 0.1) is 28.4 Å². The van der Waals surface area contributed by atoms with E-state index in [1.165, 1.54) is 43.2 Å². The van der Waals surface area contributed by atoms with Crippen molar-refractivity contribution in [1.82, 2.24) is 0 Å². The summed E-state index contributed by atoms with van der Waals surface area (Å²) in [5.41, 5.74) is 7.55. The van der Waals surface area contributed by atoms with Gasteiger partial charge in [-0.05, 0) is 105 Å². The first kappa shape index (κ1) is 35.3. The summed E-state index contributed by atoms with van der Waals surface area (Å²) in [6, 6.07) is 6.82.